The predicted molar refractivity (Wildman–Crippen MR) is 210 cm³/mol. The molecule has 0 radical (unpaired) electrons. The van der Waals surface area contributed by atoms with Crippen LogP contribution < -0.4 is 21.3 Å². The van der Waals surface area contributed by atoms with Crippen molar-refractivity contribution < 1.29 is 23.6 Å². The monoisotopic (exact) mass is 772 g/mol. The summed E-state index contributed by atoms with van der Waals surface area (Å²) in [6.07, 6.45) is 0. The molecule has 7 aromatic rings. The highest BCUT2D eigenvalue weighted by molar-refractivity contribution is 6.31. The van der Waals surface area contributed by atoms with Gasteiger partial charge in [0.1, 0.15) is 33.8 Å². The Morgan fingerprint density at radius 2 is 0.945 bits per heavy atom. The summed E-state index contributed by atoms with van der Waals surface area (Å²) in [6.45, 7) is 3.14. The number of aromatic nitrogens is 4. The van der Waals surface area contributed by atoms with Crippen molar-refractivity contribution in [2.45, 2.75) is 25.9 Å². The van der Waals surface area contributed by atoms with Crippen molar-refractivity contribution in [3.8, 4) is 22.9 Å². The molecule has 0 saturated heterocycles. The number of nitrogens with one attached hydrogen (secondary N) is 4. The number of carbonyl (C=O) groups is 4. The molecule has 4 N–H and O–H groups in total. The zero-order chi connectivity index (χ0) is 38.6. The van der Waals surface area contributed by atoms with Gasteiger partial charge in [-0.2, -0.15) is 0 Å². The summed E-state index contributed by atoms with van der Waals surface area (Å²) in [7, 11) is 0. The molecule has 0 bridgehead atoms. The summed E-state index contributed by atoms with van der Waals surface area (Å²) in [5.74, 6) is -1.43. The first-order valence-electron chi connectivity index (χ1n) is 16.9. The number of halogens is 2. The zero-order valence-electron chi connectivity index (χ0n) is 29.1. The predicted octanol–water partition coefficient (Wildman–Crippen LogP) is 7.32. The van der Waals surface area contributed by atoms with Gasteiger partial charge in [-0.25, -0.2) is 9.97 Å². The quantitative estimate of drug-likeness (QED) is 0.104. The van der Waals surface area contributed by atoms with Crippen molar-refractivity contribution in [1.29, 1.82) is 0 Å². The molecule has 0 fully saturated rings. The van der Waals surface area contributed by atoms with Crippen LogP contribution in [0.5, 0.6) is 0 Å². The minimum absolute atomic E-state index is 0.128. The Morgan fingerprint density at radius 1 is 0.564 bits per heavy atom. The first kappa shape index (κ1) is 36.6. The fraction of sp³-hybridized carbons (Fsp3) is 0.100. The normalized spacial score (nSPS) is 12.1. The SMILES string of the molecule is C[C@H](NC(=O)c1nc(Cl)cc2ccccc12)C(=O)Nc1ccc(-c2nnc(-c3ccc(NC(=O)[C@H](C)NC(=O)c4nc(Cl)cc5ccccc45)cc3)o2)cc1. The number of carbonyl (C=O) groups excluding carboxylic acids is 4. The van der Waals surface area contributed by atoms with Crippen LogP contribution in [0.15, 0.2) is 114 Å². The van der Waals surface area contributed by atoms with Crippen molar-refractivity contribution in [1.82, 2.24) is 30.8 Å². The third-order valence-corrected chi connectivity index (χ3v) is 8.94. The molecule has 55 heavy (non-hydrogen) atoms. The number of fused-ring (bicyclic) bond motifs is 2. The Morgan fingerprint density at radius 3 is 1.35 bits per heavy atom. The molecule has 13 nitrogen and oxygen atoms in total. The van der Waals surface area contributed by atoms with Crippen molar-refractivity contribution in [2.24, 2.45) is 0 Å². The molecule has 0 aliphatic heterocycles. The maximum absolute atomic E-state index is 13.0. The highest BCUT2D eigenvalue weighted by atomic mass is 35.5. The van der Waals surface area contributed by atoms with Gasteiger partial charge in [-0.15, -0.1) is 10.2 Å². The van der Waals surface area contributed by atoms with Crippen molar-refractivity contribution >= 4 is 79.8 Å². The molecule has 7 rings (SSSR count). The average Bonchev–Trinajstić information content (AvgIpc) is 3.68. The van der Waals surface area contributed by atoms with E-state index in [2.05, 4.69) is 41.4 Å². The number of nitrogens with zero attached hydrogens (tertiary/aromatic N) is 4. The van der Waals surface area contributed by atoms with Crippen LogP contribution >= 0.6 is 23.2 Å². The Hall–Kier alpha value is -6.70. The van der Waals surface area contributed by atoms with Gasteiger partial charge in [0.2, 0.25) is 23.6 Å². The van der Waals surface area contributed by atoms with Crippen LogP contribution in [0.2, 0.25) is 10.3 Å². The molecule has 3 aromatic heterocycles. The van der Waals surface area contributed by atoms with E-state index in [9.17, 15) is 19.2 Å². The van der Waals surface area contributed by atoms with Crippen LogP contribution in [0, 0.1) is 0 Å². The molecule has 0 unspecified atom stereocenters. The van der Waals surface area contributed by atoms with Crippen LogP contribution in [0.1, 0.15) is 34.8 Å². The minimum atomic E-state index is -0.882. The topological polar surface area (TPSA) is 181 Å². The number of benzene rings is 4. The highest BCUT2D eigenvalue weighted by Gasteiger charge is 2.22. The van der Waals surface area contributed by atoms with Gasteiger partial charge in [0.25, 0.3) is 11.8 Å². The van der Waals surface area contributed by atoms with E-state index >= 15 is 0 Å². The number of amides is 4. The third-order valence-electron chi connectivity index (χ3n) is 8.55. The molecule has 0 aliphatic rings. The van der Waals surface area contributed by atoms with E-state index in [1.165, 1.54) is 0 Å². The lowest BCUT2D eigenvalue weighted by Gasteiger charge is -2.15. The van der Waals surface area contributed by atoms with Gasteiger partial charge in [-0.05, 0) is 85.3 Å². The van der Waals surface area contributed by atoms with Gasteiger partial charge in [0.15, 0.2) is 0 Å². The largest absolute Gasteiger partial charge is 0.416 e. The first-order valence-corrected chi connectivity index (χ1v) is 17.7. The highest BCUT2D eigenvalue weighted by Crippen LogP contribution is 2.27. The number of anilines is 2. The Bertz CT molecular complexity index is 2420. The van der Waals surface area contributed by atoms with E-state index in [0.29, 0.717) is 33.3 Å². The van der Waals surface area contributed by atoms with Crippen LogP contribution in [0.3, 0.4) is 0 Å². The molecule has 3 heterocycles. The van der Waals surface area contributed by atoms with Gasteiger partial charge in [-0.3, -0.25) is 19.2 Å². The van der Waals surface area contributed by atoms with Crippen LogP contribution in [-0.2, 0) is 9.59 Å². The summed E-state index contributed by atoms with van der Waals surface area (Å²) in [5.41, 5.74) is 2.45. The molecule has 0 saturated carbocycles. The van der Waals surface area contributed by atoms with Crippen molar-refractivity contribution in [3.63, 3.8) is 0 Å². The maximum Gasteiger partial charge on any atom is 0.271 e. The third kappa shape index (κ3) is 8.28. The number of rotatable bonds is 10. The molecule has 274 valence electrons. The van der Waals surface area contributed by atoms with E-state index in [1.54, 1.807) is 98.8 Å². The zero-order valence-corrected chi connectivity index (χ0v) is 30.6. The van der Waals surface area contributed by atoms with Crippen molar-refractivity contribution in [2.75, 3.05) is 10.6 Å². The van der Waals surface area contributed by atoms with Crippen LogP contribution in [0.25, 0.3) is 44.5 Å². The Kier molecular flexibility index (Phi) is 10.5. The summed E-state index contributed by atoms with van der Waals surface area (Å²) in [5, 5.41) is 22.3. The Balaban J connectivity index is 0.928. The number of hydrogen-bond acceptors (Lipinski definition) is 9. The number of pyridine rings is 2. The molecule has 0 aliphatic carbocycles. The van der Waals surface area contributed by atoms with E-state index in [-0.39, 0.29) is 33.5 Å². The summed E-state index contributed by atoms with van der Waals surface area (Å²) in [4.78, 5) is 60.2. The molecule has 15 heteroatoms. The van der Waals surface area contributed by atoms with E-state index < -0.39 is 35.7 Å². The van der Waals surface area contributed by atoms with Gasteiger partial charge in [0, 0.05) is 33.3 Å². The molecular formula is C40H30Cl2N8O5. The first-order chi connectivity index (χ1) is 26.5. The van der Waals surface area contributed by atoms with Gasteiger partial charge >= 0.3 is 0 Å². The van der Waals surface area contributed by atoms with E-state index in [0.717, 1.165) is 10.8 Å². The lowest BCUT2D eigenvalue weighted by Crippen LogP contribution is -2.42. The number of hydrogen-bond donors (Lipinski definition) is 4. The van der Waals surface area contributed by atoms with Crippen LogP contribution in [0.4, 0.5) is 11.4 Å². The maximum atomic E-state index is 13.0. The van der Waals surface area contributed by atoms with Gasteiger partial charge in [0.05, 0.1) is 0 Å². The Labute approximate surface area is 323 Å². The second-order valence-electron chi connectivity index (χ2n) is 12.5. The fourth-order valence-electron chi connectivity index (χ4n) is 5.69. The molecule has 4 aromatic carbocycles. The summed E-state index contributed by atoms with van der Waals surface area (Å²) < 4.78 is 5.90. The molecule has 2 atom stereocenters. The van der Waals surface area contributed by atoms with Gasteiger partial charge in [-0.1, -0.05) is 71.7 Å². The molecule has 0 spiro atoms. The second kappa shape index (κ2) is 15.7. The van der Waals surface area contributed by atoms with Gasteiger partial charge < -0.3 is 25.7 Å². The summed E-state index contributed by atoms with van der Waals surface area (Å²) in [6, 6.07) is 29.5. The standard InChI is InChI=1S/C40H30Cl2N8O5/c1-21(43-37(53)33-29-9-5-3-7-25(29)19-31(41)47-33)35(51)45-27-15-11-23(12-16-27)39-49-50-40(55-39)24-13-17-28(18-14-24)46-36(52)22(2)44-38(54)34-30-10-6-4-8-26(30)20-32(42)48-34/h3-22H,1-2H3,(H,43,53)(H,44,54)(H,45,51)(H,46,52)/t21-,22-/m0/s1. The lowest BCUT2D eigenvalue weighted by atomic mass is 10.1. The van der Waals surface area contributed by atoms with E-state index in [1.807, 2.05) is 24.3 Å². The smallest absolute Gasteiger partial charge is 0.271 e. The second-order valence-corrected chi connectivity index (χ2v) is 13.2. The molecular weight excluding hydrogens is 743 g/mol. The van der Waals surface area contributed by atoms with Crippen LogP contribution in [-0.4, -0.2) is 55.9 Å². The fourth-order valence-corrected chi connectivity index (χ4v) is 6.09. The minimum Gasteiger partial charge on any atom is -0.416 e. The summed E-state index contributed by atoms with van der Waals surface area (Å²) >= 11 is 12.2. The lowest BCUT2D eigenvalue weighted by molar-refractivity contribution is -0.118. The average molecular weight is 774 g/mol. The van der Waals surface area contributed by atoms with E-state index in [4.69, 9.17) is 27.6 Å². The molecule has 4 amide bonds. The van der Waals surface area contributed by atoms with Crippen molar-refractivity contribution in [3.05, 3.63) is 131 Å².